The average Bonchev–Trinajstić information content (AvgIpc) is 2.66. The first-order valence-electron chi connectivity index (χ1n) is 8.79. The maximum Gasteiger partial charge on any atom is 0.414 e. The molecule has 0 atom stereocenters. The molecule has 6 nitrogen and oxygen atoms in total. The second-order valence-electron chi connectivity index (χ2n) is 6.04. The third-order valence-electron chi connectivity index (χ3n) is 3.69. The molecule has 2 aromatic rings. The van der Waals surface area contributed by atoms with Gasteiger partial charge in [-0.25, -0.2) is 9.59 Å². The third kappa shape index (κ3) is 11.5. The first-order chi connectivity index (χ1) is 13.0. The first-order valence-corrected chi connectivity index (χ1v) is 8.79. The second kappa shape index (κ2) is 13.5. The minimum atomic E-state index is -1.82. The fourth-order valence-electron chi connectivity index (χ4n) is 2.32. The van der Waals surface area contributed by atoms with Gasteiger partial charge >= 0.3 is 11.9 Å². The van der Waals surface area contributed by atoms with Gasteiger partial charge in [0.1, 0.15) is 0 Å². The summed E-state index contributed by atoms with van der Waals surface area (Å²) in [5, 5.41) is 14.8. The van der Waals surface area contributed by atoms with Gasteiger partial charge in [0.05, 0.1) is 6.61 Å². The van der Waals surface area contributed by atoms with Crippen LogP contribution in [0, 0.1) is 0 Å². The van der Waals surface area contributed by atoms with Gasteiger partial charge in [0.2, 0.25) is 0 Å². The van der Waals surface area contributed by atoms with E-state index in [4.69, 9.17) is 24.5 Å². The number of benzene rings is 2. The Balaban J connectivity index is 0.000000527. The minimum absolute atomic E-state index is 0.804. The van der Waals surface area contributed by atoms with Crippen molar-refractivity contribution in [2.45, 2.75) is 19.4 Å². The van der Waals surface area contributed by atoms with Crippen LogP contribution in [0.2, 0.25) is 0 Å². The van der Waals surface area contributed by atoms with Crippen molar-refractivity contribution in [2.24, 2.45) is 0 Å². The highest BCUT2D eigenvalue weighted by Gasteiger charge is 2.04. The van der Waals surface area contributed by atoms with Crippen molar-refractivity contribution in [1.29, 1.82) is 0 Å². The van der Waals surface area contributed by atoms with Gasteiger partial charge in [0.15, 0.2) is 0 Å². The van der Waals surface area contributed by atoms with Crippen molar-refractivity contribution in [3.63, 3.8) is 0 Å². The van der Waals surface area contributed by atoms with E-state index in [1.165, 1.54) is 11.1 Å². The molecule has 2 N–H and O–H groups in total. The Bertz CT molecular complexity index is 649. The molecule has 0 amide bonds. The molecule has 0 heterocycles. The number of aryl methyl sites for hydroxylation is 1. The molecule has 0 aromatic heterocycles. The molecule has 0 aliphatic heterocycles. The Kier molecular flexibility index (Phi) is 11.2. The number of aliphatic carboxylic acids is 2. The van der Waals surface area contributed by atoms with E-state index in [2.05, 4.69) is 72.6 Å². The quantitative estimate of drug-likeness (QED) is 0.519. The zero-order chi connectivity index (χ0) is 19.9. The van der Waals surface area contributed by atoms with Gasteiger partial charge in [-0.2, -0.15) is 0 Å². The molecule has 0 bridgehead atoms. The van der Waals surface area contributed by atoms with E-state index < -0.39 is 11.9 Å². The largest absolute Gasteiger partial charge is 0.473 e. The number of hydrogen-bond acceptors (Lipinski definition) is 4. The Hall–Kier alpha value is -2.70. The lowest BCUT2D eigenvalue weighted by Crippen LogP contribution is -2.23. The molecule has 0 radical (unpaired) electrons. The van der Waals surface area contributed by atoms with E-state index in [9.17, 15) is 0 Å². The molecule has 146 valence electrons. The van der Waals surface area contributed by atoms with Gasteiger partial charge in [-0.05, 0) is 31.0 Å². The van der Waals surface area contributed by atoms with E-state index in [0.29, 0.717) is 0 Å². The smallest absolute Gasteiger partial charge is 0.414 e. The molecule has 0 saturated carbocycles. The van der Waals surface area contributed by atoms with Crippen molar-refractivity contribution < 1.29 is 24.5 Å². The summed E-state index contributed by atoms with van der Waals surface area (Å²) in [6.45, 7) is 3.60. The van der Waals surface area contributed by atoms with E-state index in [0.717, 1.165) is 39.1 Å². The number of carbonyl (C=O) groups is 2. The van der Waals surface area contributed by atoms with Gasteiger partial charge in [-0.1, -0.05) is 60.7 Å². The van der Waals surface area contributed by atoms with Crippen LogP contribution in [0.3, 0.4) is 0 Å². The predicted molar refractivity (Wildman–Crippen MR) is 104 cm³/mol. The zero-order valence-corrected chi connectivity index (χ0v) is 15.6. The lowest BCUT2D eigenvalue weighted by atomic mass is 10.1. The average molecular weight is 373 g/mol. The van der Waals surface area contributed by atoms with Crippen LogP contribution in [-0.2, 0) is 27.3 Å². The topological polar surface area (TPSA) is 87.1 Å². The summed E-state index contributed by atoms with van der Waals surface area (Å²) in [5.74, 6) is -3.65. The van der Waals surface area contributed by atoms with Crippen LogP contribution < -0.4 is 0 Å². The highest BCUT2D eigenvalue weighted by atomic mass is 16.5. The number of rotatable bonds is 9. The van der Waals surface area contributed by atoms with E-state index in [1.807, 2.05) is 0 Å². The fourth-order valence-corrected chi connectivity index (χ4v) is 2.32. The van der Waals surface area contributed by atoms with Crippen molar-refractivity contribution in [2.75, 3.05) is 26.8 Å². The normalized spacial score (nSPS) is 10.1. The summed E-state index contributed by atoms with van der Waals surface area (Å²) in [5.41, 5.74) is 2.74. The van der Waals surface area contributed by atoms with Crippen molar-refractivity contribution in [1.82, 2.24) is 4.90 Å². The first kappa shape index (κ1) is 22.3. The van der Waals surface area contributed by atoms with E-state index in [-0.39, 0.29) is 0 Å². The monoisotopic (exact) mass is 373 g/mol. The van der Waals surface area contributed by atoms with Gasteiger partial charge in [0, 0.05) is 19.7 Å². The molecule has 27 heavy (non-hydrogen) atoms. The number of ether oxygens (including phenoxy) is 1. The molecule has 2 aromatic carbocycles. The van der Waals surface area contributed by atoms with Gasteiger partial charge in [0.25, 0.3) is 0 Å². The number of hydrogen-bond donors (Lipinski definition) is 2. The highest BCUT2D eigenvalue weighted by Crippen LogP contribution is 2.03. The summed E-state index contributed by atoms with van der Waals surface area (Å²) in [6.07, 6.45) is 2.19. The van der Waals surface area contributed by atoms with Crippen LogP contribution in [0.15, 0.2) is 60.7 Å². The van der Waals surface area contributed by atoms with E-state index >= 15 is 0 Å². The predicted octanol–water partition coefficient (Wildman–Crippen LogP) is 2.92. The van der Waals surface area contributed by atoms with Gasteiger partial charge in [-0.3, -0.25) is 4.90 Å². The molecule has 0 spiro atoms. The van der Waals surface area contributed by atoms with Crippen LogP contribution in [0.25, 0.3) is 0 Å². The molecular weight excluding hydrogens is 346 g/mol. The standard InChI is InChI=1S/C19H25NO.C2H2O4/c1-20(17-19-11-6-3-7-12-19)14-16-21-15-8-13-18-9-4-2-5-10-18;3-1(4)2(5)6/h2-7,9-12H,8,13-17H2,1H3;(H,3,4)(H,5,6). The summed E-state index contributed by atoms with van der Waals surface area (Å²) in [4.78, 5) is 20.5. The Morgan fingerprint density at radius 3 is 1.89 bits per heavy atom. The second-order valence-corrected chi connectivity index (χ2v) is 6.04. The molecule has 2 rings (SSSR count). The molecule has 0 aliphatic rings. The lowest BCUT2D eigenvalue weighted by Gasteiger charge is -2.16. The van der Waals surface area contributed by atoms with E-state index in [1.54, 1.807) is 0 Å². The molecule has 0 fully saturated rings. The maximum atomic E-state index is 9.10. The van der Waals surface area contributed by atoms with Crippen LogP contribution >= 0.6 is 0 Å². The van der Waals surface area contributed by atoms with Crippen molar-refractivity contribution in [3.8, 4) is 0 Å². The minimum Gasteiger partial charge on any atom is -0.473 e. The fraction of sp³-hybridized carbons (Fsp3) is 0.333. The van der Waals surface area contributed by atoms with Crippen LogP contribution in [-0.4, -0.2) is 53.9 Å². The number of carboxylic acids is 2. The number of nitrogens with zero attached hydrogens (tertiary/aromatic N) is 1. The van der Waals surface area contributed by atoms with Gasteiger partial charge < -0.3 is 14.9 Å². The van der Waals surface area contributed by atoms with Crippen molar-refractivity contribution >= 4 is 11.9 Å². The molecule has 6 heteroatoms. The Morgan fingerprint density at radius 1 is 0.852 bits per heavy atom. The van der Waals surface area contributed by atoms with Crippen LogP contribution in [0.5, 0.6) is 0 Å². The molecule has 0 aliphatic carbocycles. The Morgan fingerprint density at radius 2 is 1.37 bits per heavy atom. The SMILES string of the molecule is CN(CCOCCCc1ccccc1)Cc1ccccc1.O=C(O)C(=O)O. The van der Waals surface area contributed by atoms with Crippen LogP contribution in [0.4, 0.5) is 0 Å². The highest BCUT2D eigenvalue weighted by molar-refractivity contribution is 6.27. The molecule has 0 unspecified atom stereocenters. The summed E-state index contributed by atoms with van der Waals surface area (Å²) < 4.78 is 5.72. The Labute approximate surface area is 160 Å². The zero-order valence-electron chi connectivity index (χ0n) is 15.6. The summed E-state index contributed by atoms with van der Waals surface area (Å²) in [6, 6.07) is 21.1. The third-order valence-corrected chi connectivity index (χ3v) is 3.69. The van der Waals surface area contributed by atoms with Crippen molar-refractivity contribution in [3.05, 3.63) is 71.8 Å². The molecular formula is C21H27NO5. The number of carboxylic acid groups (broad SMARTS) is 2. The summed E-state index contributed by atoms with van der Waals surface area (Å²) in [7, 11) is 2.14. The number of likely N-dealkylation sites (N-methyl/N-ethyl adjacent to an activating group) is 1. The van der Waals surface area contributed by atoms with Gasteiger partial charge in [-0.15, -0.1) is 0 Å². The molecule has 0 saturated heterocycles. The van der Waals surface area contributed by atoms with Crippen LogP contribution in [0.1, 0.15) is 17.5 Å². The lowest BCUT2D eigenvalue weighted by molar-refractivity contribution is -0.159. The maximum absolute atomic E-state index is 9.10. The summed E-state index contributed by atoms with van der Waals surface area (Å²) >= 11 is 0.